The monoisotopic (exact) mass is 335 g/mol. The lowest BCUT2D eigenvalue weighted by atomic mass is 10.3. The molecule has 0 unspecified atom stereocenters. The van der Waals surface area contributed by atoms with Crippen LogP contribution >= 0.6 is 23.2 Å². The summed E-state index contributed by atoms with van der Waals surface area (Å²) >= 11 is 11.6. The first-order chi connectivity index (χ1) is 10.6. The molecule has 1 aromatic heterocycles. The van der Waals surface area contributed by atoms with Crippen LogP contribution < -0.4 is 10.1 Å². The lowest BCUT2D eigenvalue weighted by Gasteiger charge is -2.07. The molecule has 1 heterocycles. The number of hydrogen-bond donors (Lipinski definition) is 2. The third-order valence-electron chi connectivity index (χ3n) is 2.92. The Hall–Kier alpha value is -2.24. The molecule has 3 rings (SSSR count). The third-order valence-corrected chi connectivity index (χ3v) is 3.35. The molecule has 0 saturated carbocycles. The van der Waals surface area contributed by atoms with Crippen molar-refractivity contribution in [3.8, 4) is 5.75 Å². The normalized spacial score (nSPS) is 10.6. The molecule has 0 aliphatic rings. The van der Waals surface area contributed by atoms with Crippen LogP contribution in [0.3, 0.4) is 0 Å². The predicted octanol–water partition coefficient (Wildman–Crippen LogP) is 3.89. The number of nitrogens with one attached hydrogen (secondary N) is 2. The zero-order chi connectivity index (χ0) is 15.5. The Bertz CT molecular complexity index is 815. The second-order valence-corrected chi connectivity index (χ2v) is 5.34. The number of anilines is 1. The quantitative estimate of drug-likeness (QED) is 0.760. The number of imidazole rings is 1. The number of amides is 1. The summed E-state index contributed by atoms with van der Waals surface area (Å²) in [5, 5.41) is 3.67. The molecular weight excluding hydrogens is 325 g/mol. The fraction of sp³-hybridized carbons (Fsp3) is 0.0667. The van der Waals surface area contributed by atoms with E-state index in [2.05, 4.69) is 15.3 Å². The SMILES string of the molecule is O=C(COc1ccc(Cl)cc1)Nc1ccc2nc(Cl)[nH]c2c1. The van der Waals surface area contributed by atoms with Crippen LogP contribution in [-0.2, 0) is 4.79 Å². The minimum atomic E-state index is -0.264. The number of carbonyl (C=O) groups excluding carboxylic acids is 1. The molecule has 7 heteroatoms. The second-order valence-electron chi connectivity index (χ2n) is 4.55. The molecule has 0 atom stereocenters. The summed E-state index contributed by atoms with van der Waals surface area (Å²) in [4.78, 5) is 18.9. The van der Waals surface area contributed by atoms with Crippen molar-refractivity contribution in [1.29, 1.82) is 0 Å². The highest BCUT2D eigenvalue weighted by Gasteiger charge is 2.06. The number of rotatable bonds is 4. The van der Waals surface area contributed by atoms with Gasteiger partial charge in [0.05, 0.1) is 11.0 Å². The van der Waals surface area contributed by atoms with E-state index in [-0.39, 0.29) is 12.5 Å². The molecule has 0 aliphatic carbocycles. The lowest BCUT2D eigenvalue weighted by Crippen LogP contribution is -2.20. The molecule has 0 spiro atoms. The van der Waals surface area contributed by atoms with E-state index in [4.69, 9.17) is 27.9 Å². The van der Waals surface area contributed by atoms with Gasteiger partial charge in [-0.05, 0) is 54.1 Å². The Labute approximate surface area is 136 Å². The van der Waals surface area contributed by atoms with Gasteiger partial charge in [-0.25, -0.2) is 4.98 Å². The van der Waals surface area contributed by atoms with E-state index in [0.717, 1.165) is 11.0 Å². The summed E-state index contributed by atoms with van der Waals surface area (Å²) in [6.07, 6.45) is 0. The first-order valence-electron chi connectivity index (χ1n) is 6.44. The van der Waals surface area contributed by atoms with Gasteiger partial charge in [-0.1, -0.05) is 11.6 Å². The highest BCUT2D eigenvalue weighted by atomic mass is 35.5. The van der Waals surface area contributed by atoms with Crippen molar-refractivity contribution in [3.05, 3.63) is 52.8 Å². The summed E-state index contributed by atoms with van der Waals surface area (Å²) in [5.74, 6) is 0.315. The molecular formula is C15H11Cl2N3O2. The molecule has 0 radical (unpaired) electrons. The van der Waals surface area contributed by atoms with Crippen LogP contribution in [0.5, 0.6) is 5.75 Å². The van der Waals surface area contributed by atoms with Crippen molar-refractivity contribution < 1.29 is 9.53 Å². The van der Waals surface area contributed by atoms with Gasteiger partial charge in [0.2, 0.25) is 5.28 Å². The van der Waals surface area contributed by atoms with E-state index < -0.39 is 0 Å². The molecule has 112 valence electrons. The van der Waals surface area contributed by atoms with Crippen LogP contribution in [0, 0.1) is 0 Å². The number of ether oxygens (including phenoxy) is 1. The second kappa shape index (κ2) is 6.25. The Morgan fingerprint density at radius 2 is 1.95 bits per heavy atom. The lowest BCUT2D eigenvalue weighted by molar-refractivity contribution is -0.118. The zero-order valence-corrected chi connectivity index (χ0v) is 12.8. The number of H-pyrrole nitrogens is 1. The van der Waals surface area contributed by atoms with Crippen LogP contribution in [0.1, 0.15) is 0 Å². The van der Waals surface area contributed by atoms with Crippen LogP contribution in [0.2, 0.25) is 10.3 Å². The smallest absolute Gasteiger partial charge is 0.262 e. The largest absolute Gasteiger partial charge is 0.484 e. The topological polar surface area (TPSA) is 67.0 Å². The van der Waals surface area contributed by atoms with E-state index in [1.807, 2.05) is 0 Å². The average Bonchev–Trinajstić information content (AvgIpc) is 2.86. The van der Waals surface area contributed by atoms with E-state index >= 15 is 0 Å². The molecule has 3 aromatic rings. The first-order valence-corrected chi connectivity index (χ1v) is 7.19. The van der Waals surface area contributed by atoms with Gasteiger partial charge in [-0.15, -0.1) is 0 Å². The number of fused-ring (bicyclic) bond motifs is 1. The van der Waals surface area contributed by atoms with Crippen LogP contribution in [-0.4, -0.2) is 22.5 Å². The van der Waals surface area contributed by atoms with E-state index in [1.165, 1.54) is 0 Å². The van der Waals surface area contributed by atoms with Crippen LogP contribution in [0.4, 0.5) is 5.69 Å². The summed E-state index contributed by atoms with van der Waals surface area (Å²) in [7, 11) is 0. The van der Waals surface area contributed by atoms with Crippen molar-refractivity contribution in [1.82, 2.24) is 9.97 Å². The number of hydrogen-bond acceptors (Lipinski definition) is 3. The Morgan fingerprint density at radius 3 is 2.73 bits per heavy atom. The number of aromatic nitrogens is 2. The highest BCUT2D eigenvalue weighted by Crippen LogP contribution is 2.19. The molecule has 0 saturated heterocycles. The van der Waals surface area contributed by atoms with Crippen LogP contribution in [0.25, 0.3) is 11.0 Å². The fourth-order valence-electron chi connectivity index (χ4n) is 1.93. The Kier molecular flexibility index (Phi) is 4.18. The molecule has 1 amide bonds. The number of halogens is 2. The highest BCUT2D eigenvalue weighted by molar-refractivity contribution is 6.30. The first kappa shape index (κ1) is 14.7. The Balaban J connectivity index is 1.61. The van der Waals surface area contributed by atoms with Crippen molar-refractivity contribution >= 4 is 45.8 Å². The van der Waals surface area contributed by atoms with Crippen molar-refractivity contribution in [2.75, 3.05) is 11.9 Å². The maximum atomic E-state index is 11.9. The number of aromatic amines is 1. The summed E-state index contributed by atoms with van der Waals surface area (Å²) < 4.78 is 5.37. The molecule has 2 aromatic carbocycles. The van der Waals surface area contributed by atoms with Crippen molar-refractivity contribution in [3.63, 3.8) is 0 Å². The standard InChI is InChI=1S/C15H11Cl2N3O2/c16-9-1-4-11(5-2-9)22-8-14(21)18-10-3-6-12-13(7-10)20-15(17)19-12/h1-7H,8H2,(H,18,21)(H,19,20). The maximum Gasteiger partial charge on any atom is 0.262 e. The number of carbonyl (C=O) groups is 1. The van der Waals surface area contributed by atoms with Crippen LogP contribution in [0.15, 0.2) is 42.5 Å². The number of nitrogens with zero attached hydrogens (tertiary/aromatic N) is 1. The minimum absolute atomic E-state index is 0.0938. The summed E-state index contributed by atoms with van der Waals surface area (Å²) in [5.41, 5.74) is 2.12. The van der Waals surface area contributed by atoms with Gasteiger partial charge in [0.15, 0.2) is 6.61 Å². The van der Waals surface area contributed by atoms with Gasteiger partial charge in [0.1, 0.15) is 5.75 Å². The predicted molar refractivity (Wildman–Crippen MR) is 86.7 cm³/mol. The maximum absolute atomic E-state index is 11.9. The molecule has 5 nitrogen and oxygen atoms in total. The molecule has 0 fully saturated rings. The van der Waals surface area contributed by atoms with Crippen molar-refractivity contribution in [2.24, 2.45) is 0 Å². The minimum Gasteiger partial charge on any atom is -0.484 e. The molecule has 22 heavy (non-hydrogen) atoms. The van der Waals surface area contributed by atoms with Gasteiger partial charge in [-0.2, -0.15) is 0 Å². The molecule has 0 bridgehead atoms. The van der Waals surface area contributed by atoms with Gasteiger partial charge >= 0.3 is 0 Å². The van der Waals surface area contributed by atoms with E-state index in [1.54, 1.807) is 42.5 Å². The van der Waals surface area contributed by atoms with Gasteiger partial charge in [-0.3, -0.25) is 4.79 Å². The molecule has 2 N–H and O–H groups in total. The summed E-state index contributed by atoms with van der Waals surface area (Å²) in [6.45, 7) is -0.0938. The average molecular weight is 336 g/mol. The number of benzene rings is 2. The third kappa shape index (κ3) is 3.50. The van der Waals surface area contributed by atoms with Crippen molar-refractivity contribution in [2.45, 2.75) is 0 Å². The molecule has 0 aliphatic heterocycles. The fourth-order valence-corrected chi connectivity index (χ4v) is 2.25. The van der Waals surface area contributed by atoms with E-state index in [0.29, 0.717) is 21.7 Å². The van der Waals surface area contributed by atoms with Gasteiger partial charge in [0.25, 0.3) is 5.91 Å². The van der Waals surface area contributed by atoms with E-state index in [9.17, 15) is 4.79 Å². The zero-order valence-electron chi connectivity index (χ0n) is 11.3. The Morgan fingerprint density at radius 1 is 1.18 bits per heavy atom. The van der Waals surface area contributed by atoms with Gasteiger partial charge in [0, 0.05) is 10.7 Å². The van der Waals surface area contributed by atoms with Gasteiger partial charge < -0.3 is 15.0 Å². The summed E-state index contributed by atoms with van der Waals surface area (Å²) in [6, 6.07) is 12.1.